The minimum absolute atomic E-state index is 0.0352. The molecule has 32 heavy (non-hydrogen) atoms. The third kappa shape index (κ3) is 6.09. The summed E-state index contributed by atoms with van der Waals surface area (Å²) in [5.41, 5.74) is 0.249. The maximum absolute atomic E-state index is 14.4. The summed E-state index contributed by atoms with van der Waals surface area (Å²) in [6.07, 6.45) is 2.58. The molecule has 2 atom stereocenters. The quantitative estimate of drug-likeness (QED) is 0.689. The van der Waals surface area contributed by atoms with E-state index in [1.165, 1.54) is 26.0 Å². The van der Waals surface area contributed by atoms with Crippen molar-refractivity contribution < 1.29 is 23.1 Å². The molecule has 9 heteroatoms. The van der Waals surface area contributed by atoms with Gasteiger partial charge in [-0.3, -0.25) is 4.79 Å². The highest BCUT2D eigenvalue weighted by Crippen LogP contribution is 2.33. The van der Waals surface area contributed by atoms with E-state index in [-0.39, 0.29) is 47.8 Å². The van der Waals surface area contributed by atoms with E-state index in [9.17, 15) is 23.6 Å². The molecular weight excluding hydrogens is 418 g/mol. The van der Waals surface area contributed by atoms with Crippen molar-refractivity contribution in [3.63, 3.8) is 0 Å². The Hall–Kier alpha value is -2.89. The van der Waals surface area contributed by atoms with Crippen molar-refractivity contribution in [1.82, 2.24) is 15.1 Å². The van der Waals surface area contributed by atoms with E-state index in [0.29, 0.717) is 25.9 Å². The topological polar surface area (TPSA) is 85.7 Å². The molecular formula is C23H30F2N4O3. The molecule has 3 rings (SSSR count). The molecule has 0 bridgehead atoms. The highest BCUT2D eigenvalue weighted by atomic mass is 19.2. The van der Waals surface area contributed by atoms with Gasteiger partial charge in [0.15, 0.2) is 0 Å². The average Bonchev–Trinajstić information content (AvgIpc) is 3.56. The van der Waals surface area contributed by atoms with Crippen LogP contribution in [0.4, 0.5) is 13.6 Å². The van der Waals surface area contributed by atoms with Gasteiger partial charge in [-0.25, -0.2) is 9.18 Å². The number of ether oxygens (including phenoxy) is 1. The third-order valence-corrected chi connectivity index (χ3v) is 5.65. The minimum Gasteiger partial charge on any atom is -0.458 e. The Morgan fingerprint density at radius 3 is 2.59 bits per heavy atom. The number of carbonyl (C=O) groups is 2. The van der Waals surface area contributed by atoms with Crippen LogP contribution in [0.5, 0.6) is 5.75 Å². The van der Waals surface area contributed by atoms with E-state index in [2.05, 4.69) is 11.4 Å². The van der Waals surface area contributed by atoms with Gasteiger partial charge >= 0.3 is 6.03 Å². The zero-order valence-electron chi connectivity index (χ0n) is 18.7. The van der Waals surface area contributed by atoms with Crippen molar-refractivity contribution >= 4 is 11.9 Å². The summed E-state index contributed by atoms with van der Waals surface area (Å²) in [4.78, 5) is 28.7. The standard InChI is InChI=1S/C23H30F2N4O3/c1-4-21(30)28-13-15(11-26)9-18(14-28)29(17-6-7-17)22(31)27-12-16-5-8-19(10-20(16)24)32-23(2,3)25/h5,8,10,15,17-18H,4,6-7,9,12-14H2,1-3H3,(H,27,31). The first-order valence-corrected chi connectivity index (χ1v) is 11.0. The fourth-order valence-corrected chi connectivity index (χ4v) is 4.05. The number of carbonyl (C=O) groups excluding carboxylic acids is 2. The molecule has 1 aromatic carbocycles. The van der Waals surface area contributed by atoms with Gasteiger partial charge in [-0.15, -0.1) is 0 Å². The van der Waals surface area contributed by atoms with E-state index >= 15 is 0 Å². The number of likely N-dealkylation sites (tertiary alicyclic amines) is 1. The molecule has 2 unspecified atom stereocenters. The summed E-state index contributed by atoms with van der Waals surface area (Å²) in [5, 5.41) is 12.2. The van der Waals surface area contributed by atoms with Crippen molar-refractivity contribution in [2.45, 2.75) is 70.9 Å². The molecule has 0 aromatic heterocycles. The molecule has 1 heterocycles. The normalized spacial score (nSPS) is 20.9. The number of piperidine rings is 1. The fourth-order valence-electron chi connectivity index (χ4n) is 4.05. The van der Waals surface area contributed by atoms with Crippen molar-refractivity contribution in [3.05, 3.63) is 29.6 Å². The van der Waals surface area contributed by atoms with Gasteiger partial charge in [-0.1, -0.05) is 13.0 Å². The highest BCUT2D eigenvalue weighted by molar-refractivity contribution is 5.77. The van der Waals surface area contributed by atoms with Gasteiger partial charge in [0.2, 0.25) is 11.8 Å². The summed E-state index contributed by atoms with van der Waals surface area (Å²) in [5.74, 6) is -2.83. The van der Waals surface area contributed by atoms with Crippen molar-refractivity contribution in [1.29, 1.82) is 5.26 Å². The van der Waals surface area contributed by atoms with Crippen molar-refractivity contribution in [3.8, 4) is 11.8 Å². The highest BCUT2D eigenvalue weighted by Gasteiger charge is 2.41. The molecule has 1 aliphatic heterocycles. The van der Waals surface area contributed by atoms with E-state index < -0.39 is 11.7 Å². The van der Waals surface area contributed by atoms with E-state index in [1.807, 2.05) is 0 Å². The number of hydrogen-bond acceptors (Lipinski definition) is 4. The van der Waals surface area contributed by atoms with E-state index in [0.717, 1.165) is 18.9 Å². The van der Waals surface area contributed by atoms with Gasteiger partial charge in [0, 0.05) is 57.6 Å². The molecule has 2 fully saturated rings. The summed E-state index contributed by atoms with van der Waals surface area (Å²) >= 11 is 0. The Bertz CT molecular complexity index is 892. The van der Waals surface area contributed by atoms with E-state index in [4.69, 9.17) is 4.74 Å². The Balaban J connectivity index is 1.67. The summed E-state index contributed by atoms with van der Waals surface area (Å²) < 4.78 is 33.1. The first-order chi connectivity index (χ1) is 15.1. The SMILES string of the molecule is CCC(=O)N1CC(C#N)CC(N(C(=O)NCc2ccc(OC(C)(C)F)cc2F)C2CC2)C1. The lowest BCUT2D eigenvalue weighted by atomic mass is 9.94. The number of alkyl halides is 1. The lowest BCUT2D eigenvalue weighted by molar-refractivity contribution is -0.133. The largest absolute Gasteiger partial charge is 0.458 e. The predicted octanol–water partition coefficient (Wildman–Crippen LogP) is 3.73. The van der Waals surface area contributed by atoms with Crippen LogP contribution in [0.3, 0.4) is 0 Å². The molecule has 1 aromatic rings. The molecule has 1 saturated heterocycles. The van der Waals surface area contributed by atoms with Gasteiger partial charge in [0.25, 0.3) is 0 Å². The molecule has 2 aliphatic rings. The Kier molecular flexibility index (Phi) is 7.22. The monoisotopic (exact) mass is 448 g/mol. The Labute approximate surface area is 187 Å². The second-order valence-corrected chi connectivity index (χ2v) is 8.88. The van der Waals surface area contributed by atoms with Crippen LogP contribution in [0, 0.1) is 23.1 Å². The second kappa shape index (κ2) is 9.72. The predicted molar refractivity (Wildman–Crippen MR) is 114 cm³/mol. The van der Waals surface area contributed by atoms with Crippen LogP contribution in [-0.2, 0) is 11.3 Å². The maximum atomic E-state index is 14.4. The summed E-state index contributed by atoms with van der Waals surface area (Å²) in [6, 6.07) is 5.70. The molecule has 3 amide bonds. The number of halogens is 2. The molecule has 1 N–H and O–H groups in total. The molecule has 1 saturated carbocycles. The minimum atomic E-state index is -1.93. The van der Waals surface area contributed by atoms with Crippen LogP contribution in [-0.4, -0.2) is 52.8 Å². The van der Waals surface area contributed by atoms with Gasteiger partial charge < -0.3 is 19.9 Å². The zero-order chi connectivity index (χ0) is 23.5. The Morgan fingerprint density at radius 1 is 1.31 bits per heavy atom. The van der Waals surface area contributed by atoms with Crippen LogP contribution >= 0.6 is 0 Å². The lowest BCUT2D eigenvalue weighted by Gasteiger charge is -2.41. The number of nitrogens with zero attached hydrogens (tertiary/aromatic N) is 3. The van der Waals surface area contributed by atoms with Gasteiger partial charge in [-0.05, 0) is 25.3 Å². The Morgan fingerprint density at radius 2 is 2.03 bits per heavy atom. The van der Waals surface area contributed by atoms with E-state index in [1.54, 1.807) is 16.7 Å². The van der Waals surface area contributed by atoms with Gasteiger partial charge in [0.1, 0.15) is 11.6 Å². The zero-order valence-corrected chi connectivity index (χ0v) is 18.7. The first kappa shape index (κ1) is 23.8. The molecule has 0 radical (unpaired) electrons. The number of nitriles is 1. The average molecular weight is 449 g/mol. The molecule has 0 spiro atoms. The number of benzene rings is 1. The number of rotatable bonds is 7. The van der Waals surface area contributed by atoms with Crippen molar-refractivity contribution in [2.75, 3.05) is 13.1 Å². The molecule has 7 nitrogen and oxygen atoms in total. The number of urea groups is 1. The van der Waals surface area contributed by atoms with Crippen LogP contribution in [0.1, 0.15) is 52.0 Å². The number of hydrogen-bond donors (Lipinski definition) is 1. The van der Waals surface area contributed by atoms with Crippen LogP contribution < -0.4 is 10.1 Å². The first-order valence-electron chi connectivity index (χ1n) is 11.0. The number of amides is 3. The third-order valence-electron chi connectivity index (χ3n) is 5.65. The van der Waals surface area contributed by atoms with Gasteiger partial charge in [-0.2, -0.15) is 9.65 Å². The lowest BCUT2D eigenvalue weighted by Crippen LogP contribution is -2.56. The molecule has 1 aliphatic carbocycles. The maximum Gasteiger partial charge on any atom is 0.318 e. The van der Waals surface area contributed by atoms with Crippen LogP contribution in [0.2, 0.25) is 0 Å². The summed E-state index contributed by atoms with van der Waals surface area (Å²) in [7, 11) is 0. The number of nitrogens with one attached hydrogen (secondary N) is 1. The van der Waals surface area contributed by atoms with Crippen LogP contribution in [0.15, 0.2) is 18.2 Å². The summed E-state index contributed by atoms with van der Waals surface area (Å²) in [6.45, 7) is 4.96. The fraction of sp³-hybridized carbons (Fsp3) is 0.609. The molecule has 174 valence electrons. The van der Waals surface area contributed by atoms with Crippen LogP contribution in [0.25, 0.3) is 0 Å². The van der Waals surface area contributed by atoms with Crippen molar-refractivity contribution in [2.24, 2.45) is 5.92 Å². The smallest absolute Gasteiger partial charge is 0.318 e. The second-order valence-electron chi connectivity index (χ2n) is 8.88. The van der Waals surface area contributed by atoms with Gasteiger partial charge in [0.05, 0.1) is 18.0 Å².